The lowest BCUT2D eigenvalue weighted by Crippen LogP contribution is -2.54. The molecule has 3 unspecified atom stereocenters. The highest BCUT2D eigenvalue weighted by Crippen LogP contribution is 2.43. The number of ether oxygens (including phenoxy) is 1. The number of hydrogen-bond acceptors (Lipinski definition) is 7. The van der Waals surface area contributed by atoms with Gasteiger partial charge in [-0.15, -0.1) is 0 Å². The summed E-state index contributed by atoms with van der Waals surface area (Å²) < 4.78 is 4.80. The van der Waals surface area contributed by atoms with Gasteiger partial charge in [0.2, 0.25) is 0 Å². The van der Waals surface area contributed by atoms with E-state index in [1.165, 1.54) is 49.4 Å². The molecule has 2 rings (SSSR count). The zero-order chi connectivity index (χ0) is 20.7. The fraction of sp³-hybridized carbons (Fsp3) is 0.263. The van der Waals surface area contributed by atoms with E-state index >= 15 is 0 Å². The first-order valence-corrected chi connectivity index (χ1v) is 8.36. The molecule has 0 N–H and O–H groups in total. The topological polar surface area (TPSA) is 136 Å². The van der Waals surface area contributed by atoms with Crippen LogP contribution in [0.25, 0.3) is 0 Å². The second-order valence-corrected chi connectivity index (χ2v) is 5.88. The molecule has 9 nitrogen and oxygen atoms in total. The predicted octanol–water partition coefficient (Wildman–Crippen LogP) is 2.89. The summed E-state index contributed by atoms with van der Waals surface area (Å²) in [7, 11) is 0. The Hall–Kier alpha value is -3.80. The molecule has 2 aromatic rings. The van der Waals surface area contributed by atoms with Gasteiger partial charge < -0.3 is 4.74 Å². The summed E-state index contributed by atoms with van der Waals surface area (Å²) >= 11 is 0. The van der Waals surface area contributed by atoms with Gasteiger partial charge in [-0.2, -0.15) is 5.26 Å². The molecular formula is C19H17N3O6. The molecule has 0 heterocycles. The first-order valence-electron chi connectivity index (χ1n) is 8.36. The van der Waals surface area contributed by atoms with Crippen LogP contribution in [-0.2, 0) is 9.53 Å². The third-order valence-corrected chi connectivity index (χ3v) is 4.34. The van der Waals surface area contributed by atoms with E-state index in [1.54, 1.807) is 24.3 Å². The van der Waals surface area contributed by atoms with Crippen LogP contribution in [0, 0.1) is 31.6 Å². The third-order valence-electron chi connectivity index (χ3n) is 4.34. The fourth-order valence-corrected chi connectivity index (χ4v) is 3.11. The molecule has 0 saturated heterocycles. The Kier molecular flexibility index (Phi) is 6.39. The molecule has 28 heavy (non-hydrogen) atoms. The lowest BCUT2D eigenvalue weighted by atomic mass is 9.73. The molecule has 3 atom stereocenters. The molecule has 0 aromatic heterocycles. The van der Waals surface area contributed by atoms with E-state index in [0.717, 1.165) is 0 Å². The molecule has 0 aliphatic heterocycles. The van der Waals surface area contributed by atoms with Crippen molar-refractivity contribution in [3.8, 4) is 6.07 Å². The third kappa shape index (κ3) is 3.66. The van der Waals surface area contributed by atoms with Gasteiger partial charge in [-0.25, -0.2) is 4.79 Å². The van der Waals surface area contributed by atoms with Gasteiger partial charge in [0.1, 0.15) is 0 Å². The molecule has 0 aliphatic carbocycles. The minimum atomic E-state index is -3.00. The molecule has 0 fully saturated rings. The largest absolute Gasteiger partial charge is 0.460 e. The van der Waals surface area contributed by atoms with Crippen LogP contribution in [0.5, 0.6) is 0 Å². The highest BCUT2D eigenvalue weighted by atomic mass is 16.6. The van der Waals surface area contributed by atoms with E-state index in [1.807, 2.05) is 0 Å². The molecule has 2 aromatic carbocycles. The minimum Gasteiger partial charge on any atom is -0.460 e. The SMILES string of the molecule is CCOC(=O)C(C#N)(C(c1ccccc1)C(c1ccccc1)[N+](=O)[O-])[N+](=O)[O-]. The number of nitriles is 1. The minimum absolute atomic E-state index is 0.111. The van der Waals surface area contributed by atoms with Gasteiger partial charge in [-0.3, -0.25) is 20.2 Å². The molecule has 0 aliphatic rings. The van der Waals surface area contributed by atoms with Crippen molar-refractivity contribution in [1.29, 1.82) is 5.26 Å². The fourth-order valence-electron chi connectivity index (χ4n) is 3.11. The van der Waals surface area contributed by atoms with Crippen molar-refractivity contribution in [2.24, 2.45) is 0 Å². The molecule has 0 radical (unpaired) electrons. The van der Waals surface area contributed by atoms with Crippen LogP contribution in [0.2, 0.25) is 0 Å². The molecule has 144 valence electrons. The van der Waals surface area contributed by atoms with Gasteiger partial charge in [0.25, 0.3) is 6.04 Å². The van der Waals surface area contributed by atoms with Crippen molar-refractivity contribution >= 4 is 5.97 Å². The summed E-state index contributed by atoms with van der Waals surface area (Å²) in [5, 5.41) is 33.7. The van der Waals surface area contributed by atoms with E-state index in [0.29, 0.717) is 0 Å². The molecular weight excluding hydrogens is 366 g/mol. The smallest absolute Gasteiger partial charge is 0.413 e. The Morgan fingerprint density at radius 3 is 1.96 bits per heavy atom. The Labute approximate surface area is 160 Å². The van der Waals surface area contributed by atoms with Crippen LogP contribution < -0.4 is 0 Å². The Bertz CT molecular complexity index is 897. The second-order valence-electron chi connectivity index (χ2n) is 5.88. The number of hydrogen-bond donors (Lipinski definition) is 0. The Morgan fingerprint density at radius 2 is 1.57 bits per heavy atom. The number of carbonyl (C=O) groups excluding carboxylic acids is 1. The van der Waals surface area contributed by atoms with Crippen LogP contribution in [0.4, 0.5) is 0 Å². The lowest BCUT2D eigenvalue weighted by molar-refractivity contribution is -0.580. The lowest BCUT2D eigenvalue weighted by Gasteiger charge is -2.28. The van der Waals surface area contributed by atoms with Gasteiger partial charge in [0, 0.05) is 10.5 Å². The number of nitrogens with zero attached hydrogens (tertiary/aromatic N) is 3. The van der Waals surface area contributed by atoms with Crippen molar-refractivity contribution in [2.75, 3.05) is 6.61 Å². The van der Waals surface area contributed by atoms with Gasteiger partial charge in [-0.05, 0) is 12.5 Å². The van der Waals surface area contributed by atoms with Crippen molar-refractivity contribution in [3.63, 3.8) is 0 Å². The van der Waals surface area contributed by atoms with Crippen molar-refractivity contribution < 1.29 is 19.4 Å². The number of benzene rings is 2. The van der Waals surface area contributed by atoms with Crippen LogP contribution in [-0.4, -0.2) is 28.0 Å². The Balaban J connectivity index is 2.84. The highest BCUT2D eigenvalue weighted by Gasteiger charge is 2.66. The summed E-state index contributed by atoms with van der Waals surface area (Å²) in [5.41, 5.74) is -2.75. The number of carbonyl (C=O) groups is 1. The number of rotatable bonds is 8. The molecule has 0 bridgehead atoms. The Morgan fingerprint density at radius 1 is 1.07 bits per heavy atom. The quantitative estimate of drug-likeness (QED) is 0.388. The van der Waals surface area contributed by atoms with Crippen LogP contribution in [0.3, 0.4) is 0 Å². The average molecular weight is 383 g/mol. The van der Waals surface area contributed by atoms with Gasteiger partial charge >= 0.3 is 11.5 Å². The molecule has 9 heteroatoms. The number of nitro groups is 2. The van der Waals surface area contributed by atoms with E-state index in [-0.39, 0.29) is 17.7 Å². The normalized spacial score (nSPS) is 14.7. The summed E-state index contributed by atoms with van der Waals surface area (Å²) in [4.78, 5) is 34.8. The monoisotopic (exact) mass is 383 g/mol. The summed E-state index contributed by atoms with van der Waals surface area (Å²) in [6, 6.07) is 14.8. The highest BCUT2D eigenvalue weighted by molar-refractivity contribution is 5.84. The average Bonchev–Trinajstić information content (AvgIpc) is 2.69. The number of esters is 1. The van der Waals surface area contributed by atoms with E-state index in [4.69, 9.17) is 4.74 Å². The van der Waals surface area contributed by atoms with Crippen molar-refractivity contribution in [3.05, 3.63) is 92.0 Å². The summed E-state index contributed by atoms with van der Waals surface area (Å²) in [6.45, 7) is 1.21. The molecule has 0 amide bonds. The standard InChI is InChI=1S/C19H17N3O6/c1-2-28-18(23)19(13-20,22(26)27)16(14-9-5-3-6-10-14)17(21(24)25)15-11-7-4-8-12-15/h3-12,16-17H,2H2,1H3. The van der Waals surface area contributed by atoms with Gasteiger partial charge in [0.05, 0.1) is 11.5 Å². The summed E-state index contributed by atoms with van der Waals surface area (Å²) in [5.74, 6) is -3.15. The van der Waals surface area contributed by atoms with Crippen molar-refractivity contribution in [1.82, 2.24) is 0 Å². The maximum Gasteiger partial charge on any atom is 0.413 e. The van der Waals surface area contributed by atoms with Crippen LogP contribution in [0.1, 0.15) is 30.0 Å². The molecule has 0 spiro atoms. The van der Waals surface area contributed by atoms with Gasteiger partial charge in [0.15, 0.2) is 12.0 Å². The van der Waals surface area contributed by atoms with Gasteiger partial charge in [-0.1, -0.05) is 60.7 Å². The van der Waals surface area contributed by atoms with E-state index in [9.17, 15) is 30.3 Å². The van der Waals surface area contributed by atoms with Crippen LogP contribution >= 0.6 is 0 Å². The van der Waals surface area contributed by atoms with Crippen LogP contribution in [0.15, 0.2) is 60.7 Å². The van der Waals surface area contributed by atoms with Crippen molar-refractivity contribution in [2.45, 2.75) is 24.4 Å². The predicted molar refractivity (Wildman–Crippen MR) is 97.3 cm³/mol. The maximum absolute atomic E-state index is 12.6. The maximum atomic E-state index is 12.6. The first-order chi connectivity index (χ1) is 13.4. The van der Waals surface area contributed by atoms with E-state index < -0.39 is 33.3 Å². The first kappa shape index (κ1) is 20.5. The second kappa shape index (κ2) is 8.73. The molecule has 0 saturated carbocycles. The van der Waals surface area contributed by atoms with E-state index in [2.05, 4.69) is 0 Å². The zero-order valence-corrected chi connectivity index (χ0v) is 14.9. The zero-order valence-electron chi connectivity index (χ0n) is 14.9. The summed E-state index contributed by atoms with van der Waals surface area (Å²) in [6.07, 6.45) is 0.